The van der Waals surface area contributed by atoms with Gasteiger partial charge in [-0.05, 0) is 30.5 Å². The van der Waals surface area contributed by atoms with E-state index in [-0.39, 0.29) is 6.10 Å². The number of hydrogen-bond acceptors (Lipinski definition) is 2. The summed E-state index contributed by atoms with van der Waals surface area (Å²) in [4.78, 5) is 0. The van der Waals surface area contributed by atoms with Gasteiger partial charge < -0.3 is 10.1 Å². The summed E-state index contributed by atoms with van der Waals surface area (Å²) < 4.78 is 5.98. The van der Waals surface area contributed by atoms with E-state index in [9.17, 15) is 0 Å². The van der Waals surface area contributed by atoms with Crippen molar-refractivity contribution in [2.24, 2.45) is 0 Å². The molecule has 1 rings (SSSR count). The lowest BCUT2D eigenvalue weighted by atomic mass is 10.1. The average molecular weight is 249 g/mol. The van der Waals surface area contributed by atoms with Gasteiger partial charge in [0.15, 0.2) is 0 Å². The van der Waals surface area contributed by atoms with Gasteiger partial charge in [-0.3, -0.25) is 0 Å². The molecule has 1 unspecified atom stereocenters. The Morgan fingerprint density at radius 3 is 2.28 bits per heavy atom. The second-order valence-electron chi connectivity index (χ2n) is 5.11. The third-order valence-electron chi connectivity index (χ3n) is 2.97. The minimum absolute atomic E-state index is 0.254. The van der Waals surface area contributed by atoms with E-state index in [1.165, 1.54) is 12.0 Å². The van der Waals surface area contributed by atoms with Gasteiger partial charge in [-0.25, -0.2) is 0 Å². The zero-order chi connectivity index (χ0) is 13.4. The fraction of sp³-hybridized carbons (Fsp3) is 0.625. The van der Waals surface area contributed by atoms with Crippen molar-refractivity contribution in [2.45, 2.75) is 59.1 Å². The van der Waals surface area contributed by atoms with Gasteiger partial charge in [0.2, 0.25) is 0 Å². The predicted octanol–water partition coefficient (Wildman–Crippen LogP) is 3.79. The van der Waals surface area contributed by atoms with Crippen molar-refractivity contribution < 1.29 is 4.74 Å². The smallest absolute Gasteiger partial charge is 0.119 e. The first-order valence-electron chi connectivity index (χ1n) is 7.14. The van der Waals surface area contributed by atoms with E-state index in [1.807, 2.05) is 0 Å². The summed E-state index contributed by atoms with van der Waals surface area (Å²) in [5.74, 6) is 0.979. The Bertz CT molecular complexity index is 318. The Morgan fingerprint density at radius 1 is 1.11 bits per heavy atom. The lowest BCUT2D eigenvalue weighted by Crippen LogP contribution is -2.34. The Balaban J connectivity index is 2.48. The predicted molar refractivity (Wildman–Crippen MR) is 78.3 cm³/mol. The van der Waals surface area contributed by atoms with Gasteiger partial charge in [0.1, 0.15) is 11.9 Å². The van der Waals surface area contributed by atoms with E-state index in [0.29, 0.717) is 6.04 Å². The van der Waals surface area contributed by atoms with Crippen LogP contribution in [0.2, 0.25) is 0 Å². The van der Waals surface area contributed by atoms with Gasteiger partial charge in [0, 0.05) is 12.6 Å². The van der Waals surface area contributed by atoms with Gasteiger partial charge in [-0.15, -0.1) is 0 Å². The van der Waals surface area contributed by atoms with Crippen molar-refractivity contribution in [1.29, 1.82) is 0 Å². The highest BCUT2D eigenvalue weighted by Crippen LogP contribution is 2.15. The molecule has 0 aliphatic carbocycles. The summed E-state index contributed by atoms with van der Waals surface area (Å²) in [5, 5.41) is 3.42. The monoisotopic (exact) mass is 249 g/mol. The van der Waals surface area contributed by atoms with Crippen molar-refractivity contribution >= 4 is 0 Å². The molecule has 18 heavy (non-hydrogen) atoms. The van der Waals surface area contributed by atoms with Crippen molar-refractivity contribution in [1.82, 2.24) is 5.32 Å². The minimum Gasteiger partial charge on any atom is -0.489 e. The average Bonchev–Trinajstić information content (AvgIpc) is 2.36. The maximum Gasteiger partial charge on any atom is 0.119 e. The number of ether oxygens (including phenoxy) is 1. The molecular formula is C16H27NO. The molecule has 1 N–H and O–H groups in total. The van der Waals surface area contributed by atoms with Crippen molar-refractivity contribution in [3.05, 3.63) is 29.8 Å². The summed E-state index contributed by atoms with van der Waals surface area (Å²) in [7, 11) is 0. The molecule has 0 aliphatic rings. The zero-order valence-electron chi connectivity index (χ0n) is 12.2. The normalized spacial score (nSPS) is 12.7. The zero-order valence-corrected chi connectivity index (χ0v) is 12.2. The first-order valence-corrected chi connectivity index (χ1v) is 7.14. The lowest BCUT2D eigenvalue weighted by Gasteiger charge is -2.19. The first-order chi connectivity index (χ1) is 8.65. The first kappa shape index (κ1) is 15.0. The molecule has 0 bridgehead atoms. The fourth-order valence-electron chi connectivity index (χ4n) is 1.85. The largest absolute Gasteiger partial charge is 0.489 e. The van der Waals surface area contributed by atoms with E-state index in [1.54, 1.807) is 0 Å². The molecule has 1 aromatic rings. The molecule has 0 saturated carbocycles. The highest BCUT2D eigenvalue weighted by atomic mass is 16.5. The topological polar surface area (TPSA) is 21.3 Å². The van der Waals surface area contributed by atoms with Crippen LogP contribution in [0.1, 0.15) is 46.1 Å². The molecule has 2 heteroatoms. The van der Waals surface area contributed by atoms with Gasteiger partial charge in [-0.1, -0.05) is 46.2 Å². The van der Waals surface area contributed by atoms with E-state index >= 15 is 0 Å². The summed E-state index contributed by atoms with van der Waals surface area (Å²) in [6, 6.07) is 9.02. The fourth-order valence-corrected chi connectivity index (χ4v) is 1.85. The van der Waals surface area contributed by atoms with Gasteiger partial charge in [-0.2, -0.15) is 0 Å². The van der Waals surface area contributed by atoms with Gasteiger partial charge >= 0.3 is 0 Å². The molecule has 102 valence electrons. The molecule has 0 aliphatic heterocycles. The molecule has 0 heterocycles. The molecule has 0 fully saturated rings. The van der Waals surface area contributed by atoms with Crippen LogP contribution in [0, 0.1) is 0 Å². The Hall–Kier alpha value is -1.02. The third-order valence-corrected chi connectivity index (χ3v) is 2.97. The third kappa shape index (κ3) is 5.54. The van der Waals surface area contributed by atoms with Gasteiger partial charge in [0.25, 0.3) is 0 Å². The molecule has 0 amide bonds. The Kier molecular flexibility index (Phi) is 6.81. The van der Waals surface area contributed by atoms with Crippen LogP contribution in [-0.4, -0.2) is 18.7 Å². The molecule has 1 aromatic carbocycles. The Labute approximate surface area is 112 Å². The van der Waals surface area contributed by atoms with E-state index in [2.05, 4.69) is 57.3 Å². The maximum absolute atomic E-state index is 5.98. The summed E-state index contributed by atoms with van der Waals surface area (Å²) in [6.45, 7) is 9.59. The van der Waals surface area contributed by atoms with Crippen molar-refractivity contribution in [3.63, 3.8) is 0 Å². The highest BCUT2D eigenvalue weighted by molar-refractivity contribution is 5.27. The van der Waals surface area contributed by atoms with Gasteiger partial charge in [0.05, 0.1) is 0 Å². The van der Waals surface area contributed by atoms with E-state index in [4.69, 9.17) is 4.74 Å². The van der Waals surface area contributed by atoms with Crippen LogP contribution in [0.4, 0.5) is 0 Å². The van der Waals surface area contributed by atoms with Crippen molar-refractivity contribution in [2.75, 3.05) is 6.54 Å². The number of benzene rings is 1. The summed E-state index contributed by atoms with van der Waals surface area (Å²) in [5.41, 5.74) is 1.39. The van der Waals surface area contributed by atoms with Crippen LogP contribution < -0.4 is 10.1 Å². The number of nitrogens with one attached hydrogen (secondary N) is 1. The van der Waals surface area contributed by atoms with Crippen LogP contribution in [-0.2, 0) is 6.42 Å². The second-order valence-corrected chi connectivity index (χ2v) is 5.11. The molecule has 0 aromatic heterocycles. The molecule has 0 saturated heterocycles. The standard InChI is InChI=1S/C16H27NO/c1-5-7-14-8-10-16(11-9-14)18-15(6-2)12-17-13(3)4/h8-11,13,15,17H,5-7,12H2,1-4H3. The van der Waals surface area contributed by atoms with E-state index in [0.717, 1.165) is 25.1 Å². The molecule has 0 radical (unpaired) electrons. The molecule has 2 nitrogen and oxygen atoms in total. The molecule has 1 atom stereocenters. The van der Waals surface area contributed by atoms with E-state index < -0.39 is 0 Å². The molecule has 0 spiro atoms. The van der Waals surface area contributed by atoms with Crippen LogP contribution in [0.5, 0.6) is 5.75 Å². The van der Waals surface area contributed by atoms with Crippen LogP contribution >= 0.6 is 0 Å². The second kappa shape index (κ2) is 8.15. The number of rotatable bonds is 8. The maximum atomic E-state index is 5.98. The highest BCUT2D eigenvalue weighted by Gasteiger charge is 2.08. The Morgan fingerprint density at radius 2 is 1.78 bits per heavy atom. The SMILES string of the molecule is CCCc1ccc(OC(CC)CNC(C)C)cc1. The minimum atomic E-state index is 0.254. The number of hydrogen-bond donors (Lipinski definition) is 1. The summed E-state index contributed by atoms with van der Waals surface area (Å²) in [6.07, 6.45) is 3.61. The summed E-state index contributed by atoms with van der Waals surface area (Å²) >= 11 is 0. The quantitative estimate of drug-likeness (QED) is 0.756. The van der Waals surface area contributed by atoms with Crippen LogP contribution in [0.3, 0.4) is 0 Å². The lowest BCUT2D eigenvalue weighted by molar-refractivity contribution is 0.190. The number of aryl methyl sites for hydroxylation is 1. The van der Waals surface area contributed by atoms with Crippen LogP contribution in [0.15, 0.2) is 24.3 Å². The van der Waals surface area contributed by atoms with Crippen molar-refractivity contribution in [3.8, 4) is 5.75 Å². The molecular weight excluding hydrogens is 222 g/mol. The van der Waals surface area contributed by atoms with Crippen LogP contribution in [0.25, 0.3) is 0 Å².